The number of unbranched alkanes of at least 4 members (excludes halogenated alkanes) is 61. The highest BCUT2D eigenvalue weighted by Crippen LogP contribution is 2.45. The molecule has 0 fully saturated rings. The molecule has 0 heterocycles. The molecule has 3 N–H and O–H groups in total. The summed E-state index contributed by atoms with van der Waals surface area (Å²) >= 11 is 0. The van der Waals surface area contributed by atoms with Crippen molar-refractivity contribution in [2.75, 3.05) is 39.6 Å². The molecule has 5 atom stereocenters. The van der Waals surface area contributed by atoms with E-state index in [1.165, 1.54) is 302 Å². The first-order valence-electron chi connectivity index (χ1n) is 46.1. The van der Waals surface area contributed by atoms with Crippen LogP contribution in [0.4, 0.5) is 0 Å². The number of ether oxygens (including phenoxy) is 4. The minimum Gasteiger partial charge on any atom is -0.462 e. The smallest absolute Gasteiger partial charge is 0.462 e. The number of carbonyl (C=O) groups excluding carboxylic acids is 4. The maximum atomic E-state index is 13.2. The summed E-state index contributed by atoms with van der Waals surface area (Å²) in [6.07, 6.45) is 76.7. The molecule has 0 rings (SSSR count). The van der Waals surface area contributed by atoms with E-state index >= 15 is 0 Å². The van der Waals surface area contributed by atoms with E-state index in [1.807, 2.05) is 0 Å². The number of aliphatic hydroxyl groups excluding tert-OH is 1. The minimum atomic E-state index is -4.97. The van der Waals surface area contributed by atoms with Gasteiger partial charge in [0.25, 0.3) is 0 Å². The van der Waals surface area contributed by atoms with Gasteiger partial charge < -0.3 is 33.8 Å². The van der Waals surface area contributed by atoms with Gasteiger partial charge in [-0.3, -0.25) is 37.3 Å². The Morgan fingerprint density at radius 3 is 0.630 bits per heavy atom. The molecule has 0 aromatic heterocycles. The number of carbonyl (C=O) groups is 4. The Balaban J connectivity index is 5.21. The van der Waals surface area contributed by atoms with Crippen molar-refractivity contribution in [3.8, 4) is 0 Å². The third kappa shape index (κ3) is 82.1. The fourth-order valence-electron chi connectivity index (χ4n) is 14.0. The highest BCUT2D eigenvalue weighted by molar-refractivity contribution is 7.47. The Morgan fingerprint density at radius 2 is 0.426 bits per heavy atom. The molecule has 0 aliphatic rings. The fraction of sp³-hybridized carbons (Fsp3) is 0.955. The van der Waals surface area contributed by atoms with E-state index in [1.54, 1.807) is 0 Å². The van der Waals surface area contributed by atoms with Crippen LogP contribution in [0.5, 0.6) is 0 Å². The summed E-state index contributed by atoms with van der Waals surface area (Å²) in [5, 5.41) is 10.7. The zero-order chi connectivity index (χ0) is 79.0. The molecule has 0 radical (unpaired) electrons. The average Bonchev–Trinajstić information content (AvgIpc) is 0.898. The lowest BCUT2D eigenvalue weighted by Crippen LogP contribution is -2.30. The lowest BCUT2D eigenvalue weighted by molar-refractivity contribution is -0.161. The van der Waals surface area contributed by atoms with Crippen LogP contribution in [0.2, 0.25) is 0 Å². The van der Waals surface area contributed by atoms with Gasteiger partial charge in [0.15, 0.2) is 12.2 Å². The number of aliphatic hydroxyl groups is 1. The molecule has 0 aliphatic carbocycles. The molecule has 19 heteroatoms. The molecular weight excluding hydrogens is 1400 g/mol. The van der Waals surface area contributed by atoms with Gasteiger partial charge >= 0.3 is 39.5 Å². The third-order valence-corrected chi connectivity index (χ3v) is 22.9. The van der Waals surface area contributed by atoms with E-state index in [9.17, 15) is 43.2 Å². The predicted molar refractivity (Wildman–Crippen MR) is 446 cm³/mol. The number of hydrogen-bond acceptors (Lipinski definition) is 15. The molecule has 0 spiro atoms. The van der Waals surface area contributed by atoms with Crippen LogP contribution in [0, 0.1) is 5.92 Å². The van der Waals surface area contributed by atoms with Gasteiger partial charge in [0, 0.05) is 25.7 Å². The summed E-state index contributed by atoms with van der Waals surface area (Å²) in [5.74, 6) is -1.39. The highest BCUT2D eigenvalue weighted by atomic mass is 31.2. The van der Waals surface area contributed by atoms with Crippen molar-refractivity contribution < 1.29 is 80.2 Å². The Kier molecular flexibility index (Phi) is 80.2. The van der Waals surface area contributed by atoms with Crippen LogP contribution in [0.3, 0.4) is 0 Å². The first-order chi connectivity index (χ1) is 52.5. The maximum absolute atomic E-state index is 13.2. The summed E-state index contributed by atoms with van der Waals surface area (Å²) in [6.45, 7) is 7.33. The number of esters is 4. The Hall–Kier alpha value is -1.94. The molecule has 0 aromatic carbocycles. The van der Waals surface area contributed by atoms with E-state index in [2.05, 4.69) is 34.6 Å². The monoisotopic (exact) mass is 1580 g/mol. The van der Waals surface area contributed by atoms with E-state index in [4.69, 9.17) is 37.0 Å². The number of phosphoric acid groups is 2. The van der Waals surface area contributed by atoms with Crippen LogP contribution in [0.25, 0.3) is 0 Å². The van der Waals surface area contributed by atoms with Crippen LogP contribution < -0.4 is 0 Å². The van der Waals surface area contributed by atoms with Crippen LogP contribution in [0.1, 0.15) is 484 Å². The molecule has 17 nitrogen and oxygen atoms in total. The van der Waals surface area contributed by atoms with Crippen molar-refractivity contribution in [3.05, 3.63) is 0 Å². The number of rotatable bonds is 89. The van der Waals surface area contributed by atoms with Gasteiger partial charge in [-0.15, -0.1) is 0 Å². The maximum Gasteiger partial charge on any atom is 0.472 e. The Labute approximate surface area is 664 Å². The second-order valence-corrected chi connectivity index (χ2v) is 35.4. The number of phosphoric ester groups is 2. The van der Waals surface area contributed by atoms with Gasteiger partial charge in [0.05, 0.1) is 26.4 Å². The SMILES string of the molecule is CCCCCCCCCCCCCCCCCCCCCCCCC(=O)O[C@H](COC(=O)CCCCCCCCCCCCCCCCCCCCC)COP(=O)(O)OC[C@@H](O)COP(=O)(O)OC[C@@H](COC(=O)CCCCCCCCCC(C)C)OC(=O)CCCCCCCCCCCCCCCCCCC. The Morgan fingerprint density at radius 1 is 0.250 bits per heavy atom. The molecule has 0 saturated heterocycles. The summed E-state index contributed by atoms with van der Waals surface area (Å²) in [4.78, 5) is 73.3. The molecule has 0 aromatic rings. The second-order valence-electron chi connectivity index (χ2n) is 32.5. The summed E-state index contributed by atoms with van der Waals surface area (Å²) < 4.78 is 69.0. The molecule has 108 heavy (non-hydrogen) atoms. The summed E-state index contributed by atoms with van der Waals surface area (Å²) in [6, 6.07) is 0. The van der Waals surface area contributed by atoms with Crippen LogP contribution >= 0.6 is 15.6 Å². The van der Waals surface area contributed by atoms with Gasteiger partial charge in [0.2, 0.25) is 0 Å². The largest absolute Gasteiger partial charge is 0.472 e. The van der Waals surface area contributed by atoms with Gasteiger partial charge in [-0.1, -0.05) is 433 Å². The molecule has 0 amide bonds. The van der Waals surface area contributed by atoms with Crippen molar-refractivity contribution in [1.29, 1.82) is 0 Å². The van der Waals surface area contributed by atoms with Gasteiger partial charge in [-0.25, -0.2) is 9.13 Å². The summed E-state index contributed by atoms with van der Waals surface area (Å²) in [5.41, 5.74) is 0. The average molecular weight is 1580 g/mol. The molecule has 0 aliphatic heterocycles. The molecule has 0 bridgehead atoms. The van der Waals surface area contributed by atoms with E-state index in [0.29, 0.717) is 31.6 Å². The topological polar surface area (TPSA) is 237 Å². The van der Waals surface area contributed by atoms with Crippen molar-refractivity contribution in [1.82, 2.24) is 0 Å². The molecular formula is C89H174O17P2. The third-order valence-electron chi connectivity index (χ3n) is 21.0. The first-order valence-corrected chi connectivity index (χ1v) is 49.1. The van der Waals surface area contributed by atoms with Crippen molar-refractivity contribution >= 4 is 39.5 Å². The lowest BCUT2D eigenvalue weighted by atomic mass is 10.0. The van der Waals surface area contributed by atoms with Crippen LogP contribution in [-0.4, -0.2) is 96.7 Å². The highest BCUT2D eigenvalue weighted by Gasteiger charge is 2.30. The zero-order valence-corrected chi connectivity index (χ0v) is 72.8. The lowest BCUT2D eigenvalue weighted by Gasteiger charge is -2.21. The molecule has 642 valence electrons. The zero-order valence-electron chi connectivity index (χ0n) is 71.0. The van der Waals surface area contributed by atoms with Crippen LogP contribution in [0.15, 0.2) is 0 Å². The quantitative estimate of drug-likeness (QED) is 0.0222. The minimum absolute atomic E-state index is 0.108. The van der Waals surface area contributed by atoms with Crippen molar-refractivity contribution in [2.24, 2.45) is 5.92 Å². The van der Waals surface area contributed by atoms with E-state index in [-0.39, 0.29) is 25.7 Å². The van der Waals surface area contributed by atoms with Crippen molar-refractivity contribution in [3.63, 3.8) is 0 Å². The standard InChI is InChI=1S/C89H174O17P2/c1-6-9-12-15-18-21-24-27-30-33-35-36-37-39-42-45-48-51-54-59-65-70-74-88(93)105-84(78-99-86(91)72-67-62-57-52-49-46-43-41-38-34-31-28-25-22-19-16-13-10-7-2)80-103-107(95,96)101-76-83(90)77-102-108(97,98)104-81-85(79-100-87(92)73-68-63-60-55-56-61-66-71-82(4)5)106-89(94)75-69-64-58-53-50-47-44-40-32-29-26-23-20-17-14-11-8-3/h82-85,90H,6-81H2,1-5H3,(H,95,96)(H,97,98)/t83-,84-,85-/m1/s1. The Bertz CT molecular complexity index is 2050. The van der Waals surface area contributed by atoms with Gasteiger partial charge in [-0.2, -0.15) is 0 Å². The summed E-state index contributed by atoms with van der Waals surface area (Å²) in [7, 11) is -9.93. The first kappa shape index (κ1) is 106. The predicted octanol–water partition coefficient (Wildman–Crippen LogP) is 27.5. The van der Waals surface area contributed by atoms with Crippen LogP contribution in [-0.2, 0) is 65.4 Å². The fourth-order valence-corrected chi connectivity index (χ4v) is 15.6. The molecule has 2 unspecified atom stereocenters. The van der Waals surface area contributed by atoms with Crippen molar-refractivity contribution in [2.45, 2.75) is 502 Å². The van der Waals surface area contributed by atoms with Gasteiger partial charge in [0.1, 0.15) is 19.3 Å². The normalized spacial score (nSPS) is 13.7. The van der Waals surface area contributed by atoms with E-state index in [0.717, 1.165) is 96.3 Å². The number of hydrogen-bond donors (Lipinski definition) is 3. The second kappa shape index (κ2) is 81.6. The van der Waals surface area contributed by atoms with E-state index < -0.39 is 97.5 Å². The van der Waals surface area contributed by atoms with Gasteiger partial charge in [-0.05, 0) is 31.6 Å². The molecule has 0 saturated carbocycles.